The van der Waals surface area contributed by atoms with Crippen LogP contribution in [0.5, 0.6) is 0 Å². The molecule has 0 atom stereocenters. The summed E-state index contributed by atoms with van der Waals surface area (Å²) in [6, 6.07) is 27.9. The summed E-state index contributed by atoms with van der Waals surface area (Å²) in [5, 5.41) is 14.8. The van der Waals surface area contributed by atoms with E-state index in [2.05, 4.69) is 6.07 Å². The number of fused-ring (bicyclic) bond motifs is 1. The second kappa shape index (κ2) is 5.58. The van der Waals surface area contributed by atoms with E-state index in [1.54, 1.807) is 6.20 Å². The normalized spacial score (nSPS) is 10.8. The predicted molar refractivity (Wildman–Crippen MR) is 93.8 cm³/mol. The summed E-state index contributed by atoms with van der Waals surface area (Å²) >= 11 is 0. The van der Waals surface area contributed by atoms with E-state index in [1.807, 2.05) is 78.9 Å². The van der Waals surface area contributed by atoms with Gasteiger partial charge in [-0.1, -0.05) is 66.7 Å². The lowest BCUT2D eigenvalue weighted by atomic mass is 9.94. The van der Waals surface area contributed by atoms with Crippen molar-refractivity contribution in [3.8, 4) is 22.4 Å². The number of benzene rings is 3. The molecule has 0 bridgehead atoms. The summed E-state index contributed by atoms with van der Waals surface area (Å²) in [6.45, 7) is 0. The van der Waals surface area contributed by atoms with Gasteiger partial charge in [-0.15, -0.1) is 0 Å². The zero-order valence-corrected chi connectivity index (χ0v) is 12.5. The summed E-state index contributed by atoms with van der Waals surface area (Å²) < 4.78 is 0.986. The minimum Gasteiger partial charge on any atom is -0.618 e. The van der Waals surface area contributed by atoms with Crippen molar-refractivity contribution in [2.24, 2.45) is 0 Å². The fourth-order valence-electron chi connectivity index (χ4n) is 3.03. The van der Waals surface area contributed by atoms with Gasteiger partial charge < -0.3 is 5.21 Å². The van der Waals surface area contributed by atoms with Crippen molar-refractivity contribution in [1.82, 2.24) is 0 Å². The Labute approximate surface area is 134 Å². The smallest absolute Gasteiger partial charge is 0.232 e. The molecule has 0 spiro atoms. The maximum atomic E-state index is 12.7. The van der Waals surface area contributed by atoms with Crippen LogP contribution in [-0.4, -0.2) is 0 Å². The van der Waals surface area contributed by atoms with Crippen LogP contribution in [0.3, 0.4) is 0 Å². The van der Waals surface area contributed by atoms with Gasteiger partial charge in [0.15, 0.2) is 6.20 Å². The second-order valence-electron chi connectivity index (χ2n) is 5.50. The summed E-state index contributed by atoms with van der Waals surface area (Å²) in [7, 11) is 0. The largest absolute Gasteiger partial charge is 0.618 e. The molecule has 4 aromatic rings. The number of hydrogen-bond acceptors (Lipinski definition) is 1. The van der Waals surface area contributed by atoms with Gasteiger partial charge in [0, 0.05) is 16.3 Å². The average molecular weight is 297 g/mol. The van der Waals surface area contributed by atoms with E-state index in [-0.39, 0.29) is 0 Å². The van der Waals surface area contributed by atoms with Gasteiger partial charge in [0.1, 0.15) is 0 Å². The van der Waals surface area contributed by atoms with E-state index in [1.165, 1.54) is 0 Å². The third-order valence-electron chi connectivity index (χ3n) is 4.05. The van der Waals surface area contributed by atoms with Crippen molar-refractivity contribution < 1.29 is 4.73 Å². The highest BCUT2D eigenvalue weighted by molar-refractivity contribution is 6.01. The van der Waals surface area contributed by atoms with Crippen LogP contribution in [0.2, 0.25) is 0 Å². The van der Waals surface area contributed by atoms with Gasteiger partial charge in [-0.3, -0.25) is 0 Å². The standard InChI is InChI=1S/C21H15NO/c23-22-15-18-13-7-8-14-19(18)20(16-9-3-1-4-10-16)21(22)17-11-5-2-6-12-17/h1-15H. The van der Waals surface area contributed by atoms with E-state index in [0.29, 0.717) is 5.69 Å². The number of pyridine rings is 1. The molecule has 23 heavy (non-hydrogen) atoms. The Balaban J connectivity index is 2.15. The third-order valence-corrected chi connectivity index (χ3v) is 4.05. The molecule has 0 N–H and O–H groups in total. The first-order valence-corrected chi connectivity index (χ1v) is 7.60. The van der Waals surface area contributed by atoms with Gasteiger partial charge in [-0.25, -0.2) is 0 Å². The lowest BCUT2D eigenvalue weighted by Gasteiger charge is -2.13. The Hall–Kier alpha value is -3.13. The number of rotatable bonds is 2. The Morgan fingerprint density at radius 2 is 1.17 bits per heavy atom. The first-order valence-electron chi connectivity index (χ1n) is 7.60. The van der Waals surface area contributed by atoms with E-state index >= 15 is 0 Å². The summed E-state index contributed by atoms with van der Waals surface area (Å²) in [5.41, 5.74) is 3.64. The zero-order valence-electron chi connectivity index (χ0n) is 12.5. The zero-order chi connectivity index (χ0) is 15.6. The summed E-state index contributed by atoms with van der Waals surface area (Å²) in [4.78, 5) is 0. The van der Waals surface area contributed by atoms with Crippen LogP contribution in [0, 0.1) is 5.21 Å². The Bertz CT molecular complexity index is 963. The molecule has 0 amide bonds. The minimum atomic E-state index is 0.690. The predicted octanol–water partition coefficient (Wildman–Crippen LogP) is 4.81. The first-order chi connectivity index (χ1) is 11.3. The fraction of sp³-hybridized carbons (Fsp3) is 0. The maximum absolute atomic E-state index is 12.7. The highest BCUT2D eigenvalue weighted by Crippen LogP contribution is 2.35. The Morgan fingerprint density at radius 3 is 1.87 bits per heavy atom. The molecular formula is C21H15NO. The highest BCUT2D eigenvalue weighted by atomic mass is 16.5. The molecule has 0 saturated carbocycles. The van der Waals surface area contributed by atoms with Crippen LogP contribution in [0.15, 0.2) is 91.1 Å². The van der Waals surface area contributed by atoms with Crippen molar-refractivity contribution in [3.05, 3.63) is 96.3 Å². The van der Waals surface area contributed by atoms with Gasteiger partial charge in [0.05, 0.1) is 5.56 Å². The minimum absolute atomic E-state index is 0.690. The van der Waals surface area contributed by atoms with Gasteiger partial charge in [-0.05, 0) is 23.8 Å². The van der Waals surface area contributed by atoms with Crippen LogP contribution in [0.25, 0.3) is 33.2 Å². The van der Waals surface area contributed by atoms with Gasteiger partial charge in [-0.2, -0.15) is 4.73 Å². The van der Waals surface area contributed by atoms with Crippen LogP contribution in [-0.2, 0) is 0 Å². The van der Waals surface area contributed by atoms with Crippen molar-refractivity contribution in [2.45, 2.75) is 0 Å². The summed E-state index contributed by atoms with van der Waals surface area (Å²) in [5.74, 6) is 0. The number of hydrogen-bond donors (Lipinski definition) is 0. The Kier molecular flexibility index (Phi) is 3.28. The molecule has 0 aliphatic rings. The molecule has 1 aromatic heterocycles. The number of nitrogens with zero attached hydrogens (tertiary/aromatic N) is 1. The number of aromatic nitrogens is 1. The molecule has 4 rings (SSSR count). The quantitative estimate of drug-likeness (QED) is 0.385. The van der Waals surface area contributed by atoms with Crippen molar-refractivity contribution in [2.75, 3.05) is 0 Å². The molecule has 0 saturated heterocycles. The second-order valence-corrected chi connectivity index (χ2v) is 5.50. The average Bonchev–Trinajstić information content (AvgIpc) is 2.62. The van der Waals surface area contributed by atoms with Crippen molar-refractivity contribution in [3.63, 3.8) is 0 Å². The fourth-order valence-corrected chi connectivity index (χ4v) is 3.03. The van der Waals surface area contributed by atoms with E-state index in [0.717, 1.165) is 32.2 Å². The molecule has 0 aliphatic carbocycles. The highest BCUT2D eigenvalue weighted by Gasteiger charge is 2.20. The molecular weight excluding hydrogens is 282 g/mol. The van der Waals surface area contributed by atoms with Crippen LogP contribution in [0.1, 0.15) is 0 Å². The Morgan fingerprint density at radius 1 is 0.609 bits per heavy atom. The van der Waals surface area contributed by atoms with Crippen molar-refractivity contribution in [1.29, 1.82) is 0 Å². The topological polar surface area (TPSA) is 26.9 Å². The molecule has 0 aliphatic heterocycles. The molecule has 2 heteroatoms. The molecule has 0 unspecified atom stereocenters. The molecule has 0 radical (unpaired) electrons. The van der Waals surface area contributed by atoms with Crippen LogP contribution in [0.4, 0.5) is 0 Å². The molecule has 0 fully saturated rings. The lowest BCUT2D eigenvalue weighted by Crippen LogP contribution is -2.29. The van der Waals surface area contributed by atoms with E-state index in [9.17, 15) is 5.21 Å². The van der Waals surface area contributed by atoms with Crippen molar-refractivity contribution >= 4 is 10.8 Å². The summed E-state index contributed by atoms with van der Waals surface area (Å²) in [6.07, 6.45) is 1.66. The lowest BCUT2D eigenvalue weighted by molar-refractivity contribution is -0.591. The molecule has 110 valence electrons. The van der Waals surface area contributed by atoms with Crippen LogP contribution < -0.4 is 4.73 Å². The first kappa shape index (κ1) is 13.5. The van der Waals surface area contributed by atoms with Gasteiger partial charge in [0.25, 0.3) is 0 Å². The van der Waals surface area contributed by atoms with Crippen LogP contribution >= 0.6 is 0 Å². The maximum Gasteiger partial charge on any atom is 0.232 e. The van der Waals surface area contributed by atoms with Gasteiger partial charge in [0.2, 0.25) is 5.69 Å². The molecule has 2 nitrogen and oxygen atoms in total. The van der Waals surface area contributed by atoms with E-state index < -0.39 is 0 Å². The third kappa shape index (κ3) is 2.34. The molecule has 1 heterocycles. The van der Waals surface area contributed by atoms with E-state index in [4.69, 9.17) is 0 Å². The monoisotopic (exact) mass is 297 g/mol. The molecule has 3 aromatic carbocycles. The SMILES string of the molecule is [O-][n+]1cc2ccccc2c(-c2ccccc2)c1-c1ccccc1. The van der Waals surface area contributed by atoms with Gasteiger partial charge >= 0.3 is 0 Å².